The van der Waals surface area contributed by atoms with Gasteiger partial charge in [0.25, 0.3) is 5.91 Å². The molecule has 1 aliphatic rings. The van der Waals surface area contributed by atoms with E-state index >= 15 is 0 Å². The Balaban J connectivity index is 1.62. The maximum atomic E-state index is 13.6. The van der Waals surface area contributed by atoms with Gasteiger partial charge < -0.3 is 9.30 Å². The molecular formula is C21H20N6O2S. The van der Waals surface area contributed by atoms with Gasteiger partial charge in [-0.3, -0.25) is 14.7 Å². The fraction of sp³-hybridized carbons (Fsp3) is 0.286. The zero-order valence-corrected chi connectivity index (χ0v) is 17.5. The first-order valence-corrected chi connectivity index (χ1v) is 10.6. The molecule has 1 amide bonds. The number of fused-ring (bicyclic) bond motifs is 2. The molecular weight excluding hydrogens is 400 g/mol. The highest BCUT2D eigenvalue weighted by atomic mass is 32.1. The Hall–Kier alpha value is -3.33. The number of thiazole rings is 1. The third kappa shape index (κ3) is 3.11. The van der Waals surface area contributed by atoms with Gasteiger partial charge >= 0.3 is 0 Å². The SMILES string of the molecule is COc1ccc(C)c2sc(N(Cc3ccccn3)C(=O)c3nnc4n3CCC4)nc12. The molecule has 0 radical (unpaired) electrons. The first-order valence-electron chi connectivity index (χ1n) is 9.73. The standard InChI is InChI=1S/C21H20N6O2S/c1-13-8-9-15(29-2)17-18(13)30-21(23-17)27(12-14-6-3-4-10-22-14)20(28)19-25-24-16-7-5-11-26(16)19/h3-4,6,8-10H,5,7,11-12H2,1-2H3. The first-order chi connectivity index (χ1) is 14.7. The van der Waals surface area contributed by atoms with Gasteiger partial charge in [-0.25, -0.2) is 4.98 Å². The van der Waals surface area contributed by atoms with Crippen molar-refractivity contribution in [1.82, 2.24) is 24.7 Å². The normalized spacial score (nSPS) is 12.9. The zero-order chi connectivity index (χ0) is 20.7. The summed E-state index contributed by atoms with van der Waals surface area (Å²) in [7, 11) is 1.62. The topological polar surface area (TPSA) is 86.0 Å². The van der Waals surface area contributed by atoms with Crippen LogP contribution < -0.4 is 9.64 Å². The second-order valence-corrected chi connectivity index (χ2v) is 8.14. The van der Waals surface area contributed by atoms with Crippen molar-refractivity contribution in [3.8, 4) is 5.75 Å². The summed E-state index contributed by atoms with van der Waals surface area (Å²) < 4.78 is 8.39. The summed E-state index contributed by atoms with van der Waals surface area (Å²) in [5.41, 5.74) is 2.61. The number of aromatic nitrogens is 5. The van der Waals surface area contributed by atoms with Gasteiger partial charge in [-0.2, -0.15) is 0 Å². The molecule has 1 aromatic carbocycles. The van der Waals surface area contributed by atoms with Gasteiger partial charge in [0.2, 0.25) is 5.82 Å². The van der Waals surface area contributed by atoms with E-state index in [1.165, 1.54) is 11.3 Å². The Labute approximate surface area is 177 Å². The lowest BCUT2D eigenvalue weighted by Gasteiger charge is -2.19. The molecule has 0 bridgehead atoms. The number of aryl methyl sites for hydroxylation is 2. The molecule has 5 rings (SSSR count). The lowest BCUT2D eigenvalue weighted by atomic mass is 10.2. The number of pyridine rings is 1. The maximum Gasteiger partial charge on any atom is 0.298 e. The van der Waals surface area contributed by atoms with Crippen LogP contribution in [0, 0.1) is 6.92 Å². The molecule has 0 saturated carbocycles. The highest BCUT2D eigenvalue weighted by Gasteiger charge is 2.29. The predicted octanol–water partition coefficient (Wildman–Crippen LogP) is 3.39. The summed E-state index contributed by atoms with van der Waals surface area (Å²) in [6.07, 6.45) is 3.54. The van der Waals surface area contributed by atoms with Gasteiger partial charge in [0.15, 0.2) is 5.13 Å². The molecule has 9 heteroatoms. The van der Waals surface area contributed by atoms with E-state index in [0.717, 1.165) is 46.7 Å². The van der Waals surface area contributed by atoms with E-state index in [0.29, 0.717) is 23.3 Å². The van der Waals surface area contributed by atoms with E-state index in [2.05, 4.69) is 15.2 Å². The van der Waals surface area contributed by atoms with Crippen LogP contribution in [0.25, 0.3) is 10.2 Å². The molecule has 0 saturated heterocycles. The summed E-state index contributed by atoms with van der Waals surface area (Å²) >= 11 is 1.47. The highest BCUT2D eigenvalue weighted by Crippen LogP contribution is 2.37. The van der Waals surface area contributed by atoms with Crippen LogP contribution in [0.3, 0.4) is 0 Å². The summed E-state index contributed by atoms with van der Waals surface area (Å²) in [5.74, 6) is 1.67. The number of hydrogen-bond acceptors (Lipinski definition) is 7. The molecule has 0 aliphatic carbocycles. The Morgan fingerprint density at radius 2 is 2.17 bits per heavy atom. The van der Waals surface area contributed by atoms with Gasteiger partial charge in [0.05, 0.1) is 24.0 Å². The molecule has 8 nitrogen and oxygen atoms in total. The van der Waals surface area contributed by atoms with E-state index in [-0.39, 0.29) is 5.91 Å². The van der Waals surface area contributed by atoms with Gasteiger partial charge in [-0.05, 0) is 37.1 Å². The Bertz CT molecular complexity index is 1230. The van der Waals surface area contributed by atoms with Crippen LogP contribution in [0.2, 0.25) is 0 Å². The lowest BCUT2D eigenvalue weighted by Crippen LogP contribution is -2.33. The molecule has 1 aliphatic heterocycles. The highest BCUT2D eigenvalue weighted by molar-refractivity contribution is 7.22. The minimum atomic E-state index is -0.225. The number of nitrogens with zero attached hydrogens (tertiary/aromatic N) is 6. The van der Waals surface area contributed by atoms with E-state index in [4.69, 9.17) is 9.72 Å². The number of hydrogen-bond donors (Lipinski definition) is 0. The summed E-state index contributed by atoms with van der Waals surface area (Å²) in [6, 6.07) is 9.56. The van der Waals surface area contributed by atoms with Crippen LogP contribution in [0.4, 0.5) is 5.13 Å². The quantitative estimate of drug-likeness (QED) is 0.492. The number of amides is 1. The first kappa shape index (κ1) is 18.7. The van der Waals surface area contributed by atoms with Crippen LogP contribution in [0.15, 0.2) is 36.5 Å². The van der Waals surface area contributed by atoms with E-state index < -0.39 is 0 Å². The Kier molecular flexibility index (Phi) is 4.66. The minimum absolute atomic E-state index is 0.225. The molecule has 0 unspecified atom stereocenters. The largest absolute Gasteiger partial charge is 0.494 e. The van der Waals surface area contributed by atoms with Crippen molar-refractivity contribution >= 4 is 32.6 Å². The molecule has 0 N–H and O–H groups in total. The molecule has 30 heavy (non-hydrogen) atoms. The van der Waals surface area contributed by atoms with Crippen LogP contribution in [-0.2, 0) is 19.5 Å². The number of methoxy groups -OCH3 is 1. The van der Waals surface area contributed by atoms with Gasteiger partial charge in [0, 0.05) is 19.2 Å². The minimum Gasteiger partial charge on any atom is -0.494 e. The van der Waals surface area contributed by atoms with Crippen molar-refractivity contribution in [1.29, 1.82) is 0 Å². The van der Waals surface area contributed by atoms with Crippen LogP contribution in [0.5, 0.6) is 5.75 Å². The van der Waals surface area contributed by atoms with Gasteiger partial charge in [-0.15, -0.1) is 10.2 Å². The Morgan fingerprint density at radius 3 is 2.97 bits per heavy atom. The molecule has 152 valence electrons. The van der Waals surface area contributed by atoms with E-state index in [1.807, 2.05) is 41.8 Å². The predicted molar refractivity (Wildman–Crippen MR) is 114 cm³/mol. The molecule has 0 fully saturated rings. The third-order valence-electron chi connectivity index (χ3n) is 5.24. The second-order valence-electron chi connectivity index (χ2n) is 7.17. The van der Waals surface area contributed by atoms with Gasteiger partial charge in [-0.1, -0.05) is 23.5 Å². The zero-order valence-electron chi connectivity index (χ0n) is 16.7. The van der Waals surface area contributed by atoms with Crippen molar-refractivity contribution in [3.05, 3.63) is 59.4 Å². The van der Waals surface area contributed by atoms with Crippen LogP contribution >= 0.6 is 11.3 Å². The number of benzene rings is 1. The molecule has 0 spiro atoms. The maximum absolute atomic E-state index is 13.6. The lowest BCUT2D eigenvalue weighted by molar-refractivity contribution is 0.0970. The van der Waals surface area contributed by atoms with Crippen molar-refractivity contribution in [2.45, 2.75) is 32.9 Å². The van der Waals surface area contributed by atoms with Crippen LogP contribution in [-0.4, -0.2) is 37.7 Å². The van der Waals surface area contributed by atoms with Crippen molar-refractivity contribution in [2.24, 2.45) is 0 Å². The van der Waals surface area contributed by atoms with E-state index in [1.54, 1.807) is 18.2 Å². The second kappa shape index (κ2) is 7.49. The monoisotopic (exact) mass is 420 g/mol. The number of carbonyl (C=O) groups excluding carboxylic acids is 1. The number of ether oxygens (including phenoxy) is 1. The third-order valence-corrected chi connectivity index (χ3v) is 6.45. The summed E-state index contributed by atoms with van der Waals surface area (Å²) in [5, 5.41) is 8.97. The number of anilines is 1. The molecule has 3 aromatic heterocycles. The number of carbonyl (C=O) groups is 1. The average molecular weight is 420 g/mol. The molecule has 0 atom stereocenters. The van der Waals surface area contributed by atoms with Crippen molar-refractivity contribution in [2.75, 3.05) is 12.0 Å². The van der Waals surface area contributed by atoms with E-state index in [9.17, 15) is 4.79 Å². The molecule has 4 aromatic rings. The smallest absolute Gasteiger partial charge is 0.298 e. The summed E-state index contributed by atoms with van der Waals surface area (Å²) in [6.45, 7) is 3.08. The van der Waals surface area contributed by atoms with Crippen LogP contribution in [0.1, 0.15) is 34.1 Å². The summed E-state index contributed by atoms with van der Waals surface area (Å²) in [4.78, 5) is 24.4. The van der Waals surface area contributed by atoms with Crippen molar-refractivity contribution in [3.63, 3.8) is 0 Å². The van der Waals surface area contributed by atoms with Gasteiger partial charge in [0.1, 0.15) is 17.1 Å². The van der Waals surface area contributed by atoms with Crippen molar-refractivity contribution < 1.29 is 9.53 Å². The fourth-order valence-electron chi connectivity index (χ4n) is 3.69. The molecule has 4 heterocycles. The fourth-order valence-corrected chi connectivity index (χ4v) is 4.74. The average Bonchev–Trinajstić information content (AvgIpc) is 3.48. The number of rotatable bonds is 5. The Morgan fingerprint density at radius 1 is 1.27 bits per heavy atom.